The molecule has 2 aromatic rings. The van der Waals surface area contributed by atoms with E-state index in [1.165, 1.54) is 36.5 Å². The maximum Gasteiger partial charge on any atom is 0.171 e. The third-order valence-electron chi connectivity index (χ3n) is 5.09. The summed E-state index contributed by atoms with van der Waals surface area (Å²) in [7, 11) is 0. The normalized spacial score (nSPS) is 27.0. The molecule has 0 radical (unpaired) electrons. The van der Waals surface area contributed by atoms with Crippen molar-refractivity contribution in [3.63, 3.8) is 0 Å². The molecule has 2 bridgehead atoms. The number of hydrogen-bond acceptors (Lipinski definition) is 1. The predicted molar refractivity (Wildman–Crippen MR) is 92.5 cm³/mol. The van der Waals surface area contributed by atoms with Crippen LogP contribution in [0.2, 0.25) is 0 Å². The number of hydrogen-bond donors (Lipinski definition) is 2. The third kappa shape index (κ3) is 2.51. The molecule has 0 heterocycles. The lowest BCUT2D eigenvalue weighted by molar-refractivity contribution is 0.392. The Kier molecular flexibility index (Phi) is 3.30. The summed E-state index contributed by atoms with van der Waals surface area (Å²) < 4.78 is 0. The van der Waals surface area contributed by atoms with Crippen LogP contribution in [0.5, 0.6) is 0 Å². The van der Waals surface area contributed by atoms with Gasteiger partial charge < -0.3 is 10.6 Å². The minimum atomic E-state index is 0.582. The predicted octanol–water partition coefficient (Wildman–Crippen LogP) is 4.31. The minimum absolute atomic E-state index is 0.582. The van der Waals surface area contributed by atoms with Gasteiger partial charge in [0, 0.05) is 17.1 Å². The molecular formula is C18H20N2S. The molecule has 0 amide bonds. The van der Waals surface area contributed by atoms with Crippen LogP contribution in [-0.2, 0) is 0 Å². The van der Waals surface area contributed by atoms with Crippen molar-refractivity contribution >= 4 is 33.8 Å². The zero-order chi connectivity index (χ0) is 14.2. The fourth-order valence-electron chi connectivity index (χ4n) is 4.08. The highest BCUT2D eigenvalue weighted by Gasteiger charge is 2.39. The van der Waals surface area contributed by atoms with E-state index in [2.05, 4.69) is 53.1 Å². The fraction of sp³-hybridized carbons (Fsp3) is 0.389. The third-order valence-corrected chi connectivity index (χ3v) is 5.31. The second-order valence-electron chi connectivity index (χ2n) is 6.41. The lowest BCUT2D eigenvalue weighted by atomic mass is 9.95. The van der Waals surface area contributed by atoms with Gasteiger partial charge in [0.1, 0.15) is 0 Å². The summed E-state index contributed by atoms with van der Waals surface area (Å²) >= 11 is 5.53. The fourth-order valence-corrected chi connectivity index (χ4v) is 4.34. The quantitative estimate of drug-likeness (QED) is 0.807. The average Bonchev–Trinajstić information content (AvgIpc) is 3.10. The van der Waals surface area contributed by atoms with Crippen molar-refractivity contribution < 1.29 is 0 Å². The van der Waals surface area contributed by atoms with Gasteiger partial charge >= 0.3 is 0 Å². The molecule has 0 unspecified atom stereocenters. The van der Waals surface area contributed by atoms with Crippen molar-refractivity contribution in [2.24, 2.45) is 11.8 Å². The Bertz CT molecular complexity index is 676. The Morgan fingerprint density at radius 1 is 1.00 bits per heavy atom. The lowest BCUT2D eigenvalue weighted by Gasteiger charge is -2.24. The maximum absolute atomic E-state index is 5.53. The van der Waals surface area contributed by atoms with E-state index in [-0.39, 0.29) is 0 Å². The maximum atomic E-state index is 5.53. The molecule has 3 heteroatoms. The lowest BCUT2D eigenvalue weighted by Crippen LogP contribution is -2.40. The summed E-state index contributed by atoms with van der Waals surface area (Å²) in [4.78, 5) is 0. The van der Waals surface area contributed by atoms with Crippen LogP contribution in [0.3, 0.4) is 0 Å². The molecule has 2 aliphatic rings. The van der Waals surface area contributed by atoms with Gasteiger partial charge in [0.05, 0.1) is 0 Å². The molecule has 2 nitrogen and oxygen atoms in total. The molecule has 0 aliphatic heterocycles. The smallest absolute Gasteiger partial charge is 0.171 e. The first-order chi connectivity index (χ1) is 10.3. The number of anilines is 1. The highest BCUT2D eigenvalue weighted by atomic mass is 32.1. The van der Waals surface area contributed by atoms with Crippen LogP contribution in [0.1, 0.15) is 25.7 Å². The van der Waals surface area contributed by atoms with E-state index in [1.807, 2.05) is 0 Å². The van der Waals surface area contributed by atoms with Crippen LogP contribution in [0.25, 0.3) is 10.8 Å². The van der Waals surface area contributed by atoms with E-state index in [0.717, 1.165) is 22.6 Å². The Labute approximate surface area is 130 Å². The molecule has 3 atom stereocenters. The summed E-state index contributed by atoms with van der Waals surface area (Å²) in [5, 5.41) is 10.2. The van der Waals surface area contributed by atoms with E-state index in [9.17, 15) is 0 Å². The van der Waals surface area contributed by atoms with Crippen LogP contribution in [0.4, 0.5) is 5.69 Å². The van der Waals surface area contributed by atoms with Crippen LogP contribution >= 0.6 is 12.2 Å². The molecule has 2 aliphatic carbocycles. The molecule has 2 N–H and O–H groups in total. The highest BCUT2D eigenvalue weighted by molar-refractivity contribution is 7.80. The van der Waals surface area contributed by atoms with E-state index >= 15 is 0 Å². The van der Waals surface area contributed by atoms with Gasteiger partial charge in [-0.3, -0.25) is 0 Å². The van der Waals surface area contributed by atoms with Crippen LogP contribution in [-0.4, -0.2) is 11.2 Å². The summed E-state index contributed by atoms with van der Waals surface area (Å²) in [6.45, 7) is 0. The SMILES string of the molecule is S=C(Nc1cccc2ccccc12)N[C@@H]1C[C@H]2CC[C@@H]1C2. The van der Waals surface area contributed by atoms with Crippen LogP contribution in [0.15, 0.2) is 42.5 Å². The molecule has 2 aromatic carbocycles. The van der Waals surface area contributed by atoms with Crippen molar-refractivity contribution in [2.75, 3.05) is 5.32 Å². The molecule has 0 aromatic heterocycles. The molecule has 2 fully saturated rings. The first-order valence-electron chi connectivity index (χ1n) is 7.85. The summed E-state index contributed by atoms with van der Waals surface area (Å²) in [5.41, 5.74) is 1.09. The topological polar surface area (TPSA) is 24.1 Å². The van der Waals surface area contributed by atoms with E-state index in [1.54, 1.807) is 0 Å². The second-order valence-corrected chi connectivity index (χ2v) is 6.81. The van der Waals surface area contributed by atoms with E-state index < -0.39 is 0 Å². The number of nitrogens with one attached hydrogen (secondary N) is 2. The van der Waals surface area contributed by atoms with Gasteiger partial charge in [-0.1, -0.05) is 42.8 Å². The molecular weight excluding hydrogens is 276 g/mol. The summed E-state index contributed by atoms with van der Waals surface area (Å²) in [6, 6.07) is 15.3. The van der Waals surface area contributed by atoms with Gasteiger partial charge in [-0.2, -0.15) is 0 Å². The van der Waals surface area contributed by atoms with Gasteiger partial charge in [-0.25, -0.2) is 0 Å². The van der Waals surface area contributed by atoms with E-state index in [4.69, 9.17) is 12.2 Å². The first kappa shape index (κ1) is 13.1. The molecule has 108 valence electrons. The Morgan fingerprint density at radius 2 is 1.86 bits per heavy atom. The van der Waals surface area contributed by atoms with Crippen LogP contribution < -0.4 is 10.6 Å². The Hall–Kier alpha value is -1.61. The van der Waals surface area contributed by atoms with E-state index in [0.29, 0.717) is 6.04 Å². The summed E-state index contributed by atoms with van der Waals surface area (Å²) in [6.07, 6.45) is 5.49. The van der Waals surface area contributed by atoms with Gasteiger partial charge in [-0.05, 0) is 54.8 Å². The van der Waals surface area contributed by atoms with Crippen molar-refractivity contribution in [3.8, 4) is 0 Å². The number of fused-ring (bicyclic) bond motifs is 3. The van der Waals surface area contributed by atoms with Gasteiger partial charge in [-0.15, -0.1) is 0 Å². The number of thiocarbonyl (C=S) groups is 1. The second kappa shape index (κ2) is 5.30. The van der Waals surface area contributed by atoms with Gasteiger partial charge in [0.15, 0.2) is 5.11 Å². The summed E-state index contributed by atoms with van der Waals surface area (Å²) in [5.74, 6) is 1.77. The van der Waals surface area contributed by atoms with Gasteiger partial charge in [0.25, 0.3) is 0 Å². The number of benzene rings is 2. The van der Waals surface area contributed by atoms with Crippen molar-refractivity contribution in [1.82, 2.24) is 5.32 Å². The molecule has 21 heavy (non-hydrogen) atoms. The standard InChI is InChI=1S/C18H20N2S/c21-18(20-17-11-12-8-9-14(17)10-12)19-16-7-3-5-13-4-1-2-6-15(13)16/h1-7,12,14,17H,8-11H2,(H2,19,20,21)/t12-,14+,17+/m0/s1. The number of rotatable bonds is 2. The Morgan fingerprint density at radius 3 is 2.67 bits per heavy atom. The van der Waals surface area contributed by atoms with Gasteiger partial charge in [0.2, 0.25) is 0 Å². The zero-order valence-electron chi connectivity index (χ0n) is 12.0. The Balaban J connectivity index is 1.48. The largest absolute Gasteiger partial charge is 0.359 e. The van der Waals surface area contributed by atoms with Crippen molar-refractivity contribution in [2.45, 2.75) is 31.7 Å². The minimum Gasteiger partial charge on any atom is -0.359 e. The van der Waals surface area contributed by atoms with Crippen molar-refractivity contribution in [3.05, 3.63) is 42.5 Å². The monoisotopic (exact) mass is 296 g/mol. The molecule has 0 saturated heterocycles. The zero-order valence-corrected chi connectivity index (χ0v) is 12.8. The van der Waals surface area contributed by atoms with Crippen LogP contribution in [0, 0.1) is 11.8 Å². The molecule has 0 spiro atoms. The van der Waals surface area contributed by atoms with Crippen molar-refractivity contribution in [1.29, 1.82) is 0 Å². The molecule has 2 saturated carbocycles. The average molecular weight is 296 g/mol. The first-order valence-corrected chi connectivity index (χ1v) is 8.26. The molecule has 4 rings (SSSR count). The highest BCUT2D eigenvalue weighted by Crippen LogP contribution is 2.44.